The van der Waals surface area contributed by atoms with Crippen LogP contribution in [0.1, 0.15) is 11.6 Å². The fraction of sp³-hybridized carbons (Fsp3) is 0.130. The van der Waals surface area contributed by atoms with Gasteiger partial charge in [-0.3, -0.25) is 14.4 Å². The molecule has 5 nitrogen and oxygen atoms in total. The predicted molar refractivity (Wildman–Crippen MR) is 110 cm³/mol. The average molecular weight is 423 g/mol. The number of anilines is 2. The van der Waals surface area contributed by atoms with E-state index >= 15 is 0 Å². The zero-order valence-electron chi connectivity index (χ0n) is 15.6. The molecule has 2 aliphatic rings. The van der Waals surface area contributed by atoms with Gasteiger partial charge in [0.2, 0.25) is 5.91 Å². The van der Waals surface area contributed by atoms with Crippen LogP contribution in [0.2, 0.25) is 5.02 Å². The quantitative estimate of drug-likeness (QED) is 0.582. The summed E-state index contributed by atoms with van der Waals surface area (Å²) in [5, 5.41) is 1.60. The Morgan fingerprint density at radius 1 is 0.800 bits per heavy atom. The largest absolute Gasteiger partial charge is 0.273 e. The van der Waals surface area contributed by atoms with Crippen molar-refractivity contribution in [2.75, 3.05) is 9.96 Å². The molecule has 5 rings (SSSR count). The first-order valence-electron chi connectivity index (χ1n) is 9.46. The van der Waals surface area contributed by atoms with Gasteiger partial charge in [0.1, 0.15) is 17.8 Å². The molecule has 0 aromatic heterocycles. The smallest absolute Gasteiger partial charge is 0.266 e. The molecule has 3 aromatic rings. The van der Waals surface area contributed by atoms with Crippen LogP contribution in [0.3, 0.4) is 0 Å². The average Bonchev–Trinajstić information content (AvgIpc) is 3.26. The molecular weight excluding hydrogens is 407 g/mol. The van der Waals surface area contributed by atoms with Crippen molar-refractivity contribution in [1.29, 1.82) is 0 Å². The standard InChI is InChI=1S/C23H16ClFN2O3/c24-16-12-7-13-17(25)18(16)20-19-21(30-27(20)15-10-5-2-6-11-15)23(29)26(22(19)28)14-8-3-1-4-9-14/h1-13,19-21H. The Morgan fingerprint density at radius 3 is 2.07 bits per heavy atom. The van der Waals surface area contributed by atoms with Crippen LogP contribution in [-0.2, 0) is 14.4 Å². The summed E-state index contributed by atoms with van der Waals surface area (Å²) in [6.07, 6.45) is -1.07. The van der Waals surface area contributed by atoms with E-state index in [1.165, 1.54) is 17.2 Å². The summed E-state index contributed by atoms with van der Waals surface area (Å²) in [5.74, 6) is -2.42. The van der Waals surface area contributed by atoms with E-state index in [0.29, 0.717) is 11.4 Å². The van der Waals surface area contributed by atoms with Gasteiger partial charge in [0.25, 0.3) is 5.91 Å². The van der Waals surface area contributed by atoms with Gasteiger partial charge in [-0.05, 0) is 36.4 Å². The van der Waals surface area contributed by atoms with Gasteiger partial charge >= 0.3 is 0 Å². The number of hydroxylamine groups is 1. The minimum atomic E-state index is -1.07. The highest BCUT2D eigenvalue weighted by Gasteiger charge is 2.61. The van der Waals surface area contributed by atoms with E-state index in [2.05, 4.69) is 0 Å². The summed E-state index contributed by atoms with van der Waals surface area (Å²) in [6, 6.07) is 21.1. The maximum absolute atomic E-state index is 14.9. The van der Waals surface area contributed by atoms with Crippen LogP contribution in [0.4, 0.5) is 15.8 Å². The number of hydrogen-bond donors (Lipinski definition) is 0. The highest BCUT2D eigenvalue weighted by atomic mass is 35.5. The van der Waals surface area contributed by atoms with Gasteiger partial charge in [0.05, 0.1) is 11.4 Å². The van der Waals surface area contributed by atoms with E-state index < -0.39 is 35.7 Å². The molecule has 2 saturated heterocycles. The minimum Gasteiger partial charge on any atom is -0.273 e. The van der Waals surface area contributed by atoms with Crippen LogP contribution in [0.25, 0.3) is 0 Å². The van der Waals surface area contributed by atoms with Crippen molar-refractivity contribution in [3.63, 3.8) is 0 Å². The lowest BCUT2D eigenvalue weighted by molar-refractivity contribution is -0.126. The Labute approximate surface area is 177 Å². The number of amides is 2. The third-order valence-electron chi connectivity index (χ3n) is 5.44. The number of rotatable bonds is 3. The lowest BCUT2D eigenvalue weighted by Crippen LogP contribution is -2.37. The van der Waals surface area contributed by atoms with Crippen LogP contribution >= 0.6 is 11.6 Å². The van der Waals surface area contributed by atoms with Gasteiger partial charge < -0.3 is 0 Å². The molecule has 3 aromatic carbocycles. The van der Waals surface area contributed by atoms with Crippen molar-refractivity contribution in [2.24, 2.45) is 5.92 Å². The van der Waals surface area contributed by atoms with Crippen molar-refractivity contribution in [3.05, 3.63) is 95.3 Å². The van der Waals surface area contributed by atoms with E-state index in [0.717, 1.165) is 4.90 Å². The molecule has 0 spiro atoms. The molecule has 30 heavy (non-hydrogen) atoms. The first kappa shape index (κ1) is 18.8. The van der Waals surface area contributed by atoms with Crippen molar-refractivity contribution in [1.82, 2.24) is 0 Å². The lowest BCUT2D eigenvalue weighted by Gasteiger charge is -2.29. The number of imide groups is 1. The zero-order chi connectivity index (χ0) is 20.8. The van der Waals surface area contributed by atoms with Gasteiger partial charge in [-0.25, -0.2) is 14.4 Å². The van der Waals surface area contributed by atoms with E-state index in [9.17, 15) is 14.0 Å². The SMILES string of the molecule is O=C1C2ON(c3ccccc3)C(c3c(F)cccc3Cl)C2C(=O)N1c1ccccc1. The molecule has 2 fully saturated rings. The molecule has 2 heterocycles. The van der Waals surface area contributed by atoms with Gasteiger partial charge in [0, 0.05) is 10.6 Å². The van der Waals surface area contributed by atoms with Crippen molar-refractivity contribution >= 4 is 34.8 Å². The number of hydrogen-bond acceptors (Lipinski definition) is 4. The summed E-state index contributed by atoms with van der Waals surface area (Å²) in [7, 11) is 0. The maximum atomic E-state index is 14.9. The number of nitrogens with zero attached hydrogens (tertiary/aromatic N) is 2. The van der Waals surface area contributed by atoms with E-state index in [4.69, 9.17) is 16.4 Å². The number of fused-ring (bicyclic) bond motifs is 1. The topological polar surface area (TPSA) is 49.9 Å². The molecule has 3 unspecified atom stereocenters. The number of carbonyl (C=O) groups is 2. The van der Waals surface area contributed by atoms with Crippen LogP contribution in [-0.4, -0.2) is 17.9 Å². The van der Waals surface area contributed by atoms with Gasteiger partial charge in [-0.2, -0.15) is 0 Å². The summed E-state index contributed by atoms with van der Waals surface area (Å²) in [6.45, 7) is 0. The first-order valence-corrected chi connectivity index (χ1v) is 9.83. The van der Waals surface area contributed by atoms with Crippen molar-refractivity contribution in [3.8, 4) is 0 Å². The number of carbonyl (C=O) groups excluding carboxylic acids is 2. The van der Waals surface area contributed by atoms with E-state index in [-0.39, 0.29) is 10.6 Å². The molecular formula is C23H16ClFN2O3. The second kappa shape index (κ2) is 7.23. The fourth-order valence-corrected chi connectivity index (χ4v) is 4.41. The number of halogens is 2. The molecule has 150 valence electrons. The summed E-state index contributed by atoms with van der Waals surface area (Å²) in [4.78, 5) is 33.7. The highest BCUT2D eigenvalue weighted by Crippen LogP contribution is 2.49. The Balaban J connectivity index is 1.64. The van der Waals surface area contributed by atoms with Crippen LogP contribution in [0.15, 0.2) is 78.9 Å². The Hall–Kier alpha value is -3.22. The normalized spacial score (nSPS) is 23.2. The third-order valence-corrected chi connectivity index (χ3v) is 5.77. The summed E-state index contributed by atoms with van der Waals surface area (Å²) in [5.41, 5.74) is 1.19. The molecule has 3 atom stereocenters. The molecule has 0 saturated carbocycles. The van der Waals surface area contributed by atoms with Crippen molar-refractivity contribution in [2.45, 2.75) is 12.1 Å². The predicted octanol–water partition coefficient (Wildman–Crippen LogP) is 4.53. The van der Waals surface area contributed by atoms with Crippen LogP contribution in [0.5, 0.6) is 0 Å². The molecule has 0 aliphatic carbocycles. The number of benzene rings is 3. The molecule has 7 heteroatoms. The number of para-hydroxylation sites is 2. The monoisotopic (exact) mass is 422 g/mol. The molecule has 0 bridgehead atoms. The lowest BCUT2D eigenvalue weighted by atomic mass is 9.90. The Bertz CT molecular complexity index is 1110. The van der Waals surface area contributed by atoms with E-state index in [1.54, 1.807) is 60.7 Å². The van der Waals surface area contributed by atoms with Crippen LogP contribution < -0.4 is 9.96 Å². The molecule has 0 N–H and O–H groups in total. The fourth-order valence-electron chi connectivity index (χ4n) is 4.13. The van der Waals surface area contributed by atoms with Gasteiger partial charge in [-0.15, -0.1) is 0 Å². The Kier molecular flexibility index (Phi) is 4.53. The zero-order valence-corrected chi connectivity index (χ0v) is 16.4. The molecule has 0 radical (unpaired) electrons. The molecule has 2 aliphatic heterocycles. The molecule has 2 amide bonds. The maximum Gasteiger partial charge on any atom is 0.266 e. The van der Waals surface area contributed by atoms with Gasteiger partial charge in [-0.1, -0.05) is 54.1 Å². The summed E-state index contributed by atoms with van der Waals surface area (Å²) >= 11 is 6.36. The second-order valence-electron chi connectivity index (χ2n) is 7.14. The third kappa shape index (κ3) is 2.80. The first-order chi connectivity index (χ1) is 14.6. The van der Waals surface area contributed by atoms with E-state index in [1.807, 2.05) is 6.07 Å². The summed E-state index contributed by atoms with van der Waals surface area (Å²) < 4.78 is 14.9. The second-order valence-corrected chi connectivity index (χ2v) is 7.55. The minimum absolute atomic E-state index is 0.131. The highest BCUT2D eigenvalue weighted by molar-refractivity contribution is 6.31. The van der Waals surface area contributed by atoms with Crippen molar-refractivity contribution < 1.29 is 18.8 Å². The Morgan fingerprint density at radius 2 is 1.43 bits per heavy atom. The van der Waals surface area contributed by atoms with Crippen LogP contribution in [0, 0.1) is 11.7 Å². The van der Waals surface area contributed by atoms with Gasteiger partial charge in [0.15, 0.2) is 6.10 Å².